The minimum absolute atomic E-state index is 0.151. The molecule has 0 N–H and O–H groups in total. The van der Waals surface area contributed by atoms with Gasteiger partial charge in [0.15, 0.2) is 6.20 Å². The van der Waals surface area contributed by atoms with Crippen LogP contribution >= 0.6 is 0 Å². The van der Waals surface area contributed by atoms with Gasteiger partial charge in [0.25, 0.3) is 0 Å². The summed E-state index contributed by atoms with van der Waals surface area (Å²) in [5.41, 5.74) is -0.521. The van der Waals surface area contributed by atoms with Gasteiger partial charge in [-0.15, -0.1) is 4.73 Å². The summed E-state index contributed by atoms with van der Waals surface area (Å²) in [4.78, 5) is 10.5. The molecule has 1 aliphatic heterocycles. The Morgan fingerprint density at radius 3 is 2.50 bits per heavy atom. The standard InChI is InChI=1S/C16H17N3O6S/c20-18-11-5-2-6-16(18)25-15-8-7-13(12-14(15)19(21)22)26(23,24)17-9-3-1-4-10-17/h2,5-8,11-12H,1,3-4,9-10H2. The van der Waals surface area contributed by atoms with Gasteiger partial charge >= 0.3 is 11.6 Å². The Kier molecular flexibility index (Phi) is 5.05. The molecule has 26 heavy (non-hydrogen) atoms. The van der Waals surface area contributed by atoms with Crippen LogP contribution in [0.2, 0.25) is 0 Å². The van der Waals surface area contributed by atoms with Crippen molar-refractivity contribution in [2.45, 2.75) is 24.2 Å². The molecule has 1 aliphatic rings. The third-order valence-electron chi connectivity index (χ3n) is 4.08. The largest absolute Gasteiger partial charge is 0.616 e. The van der Waals surface area contributed by atoms with Gasteiger partial charge in [-0.25, -0.2) is 8.42 Å². The third kappa shape index (κ3) is 3.60. The lowest BCUT2D eigenvalue weighted by atomic mass is 10.2. The van der Waals surface area contributed by atoms with Crippen molar-refractivity contribution in [1.82, 2.24) is 4.31 Å². The monoisotopic (exact) mass is 379 g/mol. The molecule has 0 spiro atoms. The van der Waals surface area contributed by atoms with Crippen LogP contribution in [0.1, 0.15) is 19.3 Å². The van der Waals surface area contributed by atoms with Crippen LogP contribution in [0.5, 0.6) is 11.6 Å². The number of pyridine rings is 1. The molecule has 0 amide bonds. The van der Waals surface area contributed by atoms with E-state index in [2.05, 4.69) is 0 Å². The number of rotatable bonds is 5. The molecule has 1 aromatic carbocycles. The van der Waals surface area contributed by atoms with Gasteiger partial charge in [-0.1, -0.05) is 6.42 Å². The highest BCUT2D eigenvalue weighted by molar-refractivity contribution is 7.89. The fourth-order valence-electron chi connectivity index (χ4n) is 2.75. The van der Waals surface area contributed by atoms with E-state index < -0.39 is 20.6 Å². The quantitative estimate of drug-likeness (QED) is 0.340. The van der Waals surface area contributed by atoms with Crippen LogP contribution < -0.4 is 9.47 Å². The molecule has 0 bridgehead atoms. The first kappa shape index (κ1) is 18.1. The lowest BCUT2D eigenvalue weighted by Gasteiger charge is -2.25. The molecule has 0 radical (unpaired) electrons. The number of aromatic nitrogens is 1. The molecule has 0 unspecified atom stereocenters. The Labute approximate surface area is 150 Å². The Hall–Kier alpha value is -2.72. The molecule has 10 heteroatoms. The zero-order valence-electron chi connectivity index (χ0n) is 13.8. The number of nitro benzene ring substituents is 1. The lowest BCUT2D eigenvalue weighted by molar-refractivity contribution is -0.611. The summed E-state index contributed by atoms with van der Waals surface area (Å²) in [6.45, 7) is 0.795. The van der Waals surface area contributed by atoms with Crippen molar-refractivity contribution in [3.8, 4) is 11.6 Å². The highest BCUT2D eigenvalue weighted by Crippen LogP contribution is 2.33. The first-order chi connectivity index (χ1) is 12.4. The van der Waals surface area contributed by atoms with Crippen LogP contribution in [0.15, 0.2) is 47.5 Å². The maximum absolute atomic E-state index is 12.7. The summed E-state index contributed by atoms with van der Waals surface area (Å²) in [5, 5.41) is 23.0. The van der Waals surface area contributed by atoms with Crippen LogP contribution in [0.4, 0.5) is 5.69 Å². The third-order valence-corrected chi connectivity index (χ3v) is 5.98. The second-order valence-electron chi connectivity index (χ2n) is 5.82. The van der Waals surface area contributed by atoms with Gasteiger partial charge in [-0.05, 0) is 31.0 Å². The number of sulfonamides is 1. The van der Waals surface area contributed by atoms with Crippen molar-refractivity contribution in [3.63, 3.8) is 0 Å². The zero-order valence-corrected chi connectivity index (χ0v) is 14.6. The highest BCUT2D eigenvalue weighted by Gasteiger charge is 2.29. The average molecular weight is 379 g/mol. The molecule has 3 rings (SSSR count). The molecular formula is C16H17N3O6S. The predicted octanol–water partition coefficient (Wildman–Crippen LogP) is 2.20. The van der Waals surface area contributed by atoms with Crippen LogP contribution in [-0.2, 0) is 10.0 Å². The average Bonchev–Trinajstić information content (AvgIpc) is 2.64. The lowest BCUT2D eigenvalue weighted by Crippen LogP contribution is -2.35. The SMILES string of the molecule is O=[N+]([O-])c1cc(S(=O)(=O)N2CCCCC2)ccc1Oc1cccc[n+]1[O-]. The number of hydrogen-bond acceptors (Lipinski definition) is 6. The van der Waals surface area contributed by atoms with Gasteiger partial charge in [0.1, 0.15) is 0 Å². The van der Waals surface area contributed by atoms with Gasteiger partial charge in [0, 0.05) is 25.2 Å². The molecule has 2 heterocycles. The van der Waals surface area contributed by atoms with Gasteiger partial charge in [0.05, 0.1) is 15.9 Å². The summed E-state index contributed by atoms with van der Waals surface area (Å²) in [7, 11) is -3.81. The van der Waals surface area contributed by atoms with Gasteiger partial charge in [0.2, 0.25) is 15.8 Å². The molecule has 1 aromatic heterocycles. The van der Waals surface area contributed by atoms with Crippen LogP contribution in [0.3, 0.4) is 0 Å². The maximum Gasteiger partial charge on any atom is 0.385 e. The van der Waals surface area contributed by atoms with Crippen LogP contribution in [0, 0.1) is 15.3 Å². The first-order valence-corrected chi connectivity index (χ1v) is 9.48. The van der Waals surface area contributed by atoms with Gasteiger partial charge in [-0.2, -0.15) is 4.31 Å². The number of piperidine rings is 1. The number of hydrogen-bond donors (Lipinski definition) is 0. The summed E-state index contributed by atoms with van der Waals surface area (Å²) in [5.74, 6) is -0.356. The van der Waals surface area contributed by atoms with Crippen molar-refractivity contribution in [2.75, 3.05) is 13.1 Å². The molecule has 1 saturated heterocycles. The van der Waals surface area contributed by atoms with E-state index in [0.29, 0.717) is 17.8 Å². The van der Waals surface area contributed by atoms with Crippen molar-refractivity contribution in [3.05, 3.63) is 57.9 Å². The predicted molar refractivity (Wildman–Crippen MR) is 91.2 cm³/mol. The summed E-state index contributed by atoms with van der Waals surface area (Å²) < 4.78 is 32.5. The first-order valence-electron chi connectivity index (χ1n) is 8.04. The Morgan fingerprint density at radius 2 is 1.85 bits per heavy atom. The zero-order chi connectivity index (χ0) is 18.7. The number of nitrogens with zero attached hydrogens (tertiary/aromatic N) is 3. The Bertz CT molecular complexity index is 925. The normalized spacial score (nSPS) is 15.5. The van der Waals surface area contributed by atoms with E-state index in [9.17, 15) is 23.7 Å². The summed E-state index contributed by atoms with van der Waals surface area (Å²) in [6.07, 6.45) is 3.68. The van der Waals surface area contributed by atoms with E-state index in [1.807, 2.05) is 0 Å². The van der Waals surface area contributed by atoms with E-state index in [1.165, 1.54) is 34.8 Å². The molecule has 0 atom stereocenters. The summed E-state index contributed by atoms with van der Waals surface area (Å²) >= 11 is 0. The van der Waals surface area contributed by atoms with E-state index in [1.54, 1.807) is 6.07 Å². The van der Waals surface area contributed by atoms with E-state index >= 15 is 0 Å². The Balaban J connectivity index is 1.97. The van der Waals surface area contributed by atoms with Gasteiger partial charge < -0.3 is 9.94 Å². The maximum atomic E-state index is 12.7. The van der Waals surface area contributed by atoms with E-state index in [4.69, 9.17) is 4.74 Å². The van der Waals surface area contributed by atoms with Crippen LogP contribution in [0.25, 0.3) is 0 Å². The highest BCUT2D eigenvalue weighted by atomic mass is 32.2. The van der Waals surface area contributed by atoms with Crippen molar-refractivity contribution in [1.29, 1.82) is 0 Å². The van der Waals surface area contributed by atoms with Crippen molar-refractivity contribution < 1.29 is 22.8 Å². The summed E-state index contributed by atoms with van der Waals surface area (Å²) in [6, 6.07) is 7.81. The molecule has 9 nitrogen and oxygen atoms in total. The van der Waals surface area contributed by atoms with E-state index in [-0.39, 0.29) is 16.5 Å². The van der Waals surface area contributed by atoms with Crippen molar-refractivity contribution in [2.24, 2.45) is 0 Å². The number of benzene rings is 1. The fraction of sp³-hybridized carbons (Fsp3) is 0.312. The van der Waals surface area contributed by atoms with Gasteiger partial charge in [-0.3, -0.25) is 10.1 Å². The second kappa shape index (κ2) is 7.26. The smallest absolute Gasteiger partial charge is 0.385 e. The number of ether oxygens (including phenoxy) is 1. The Morgan fingerprint density at radius 1 is 1.12 bits per heavy atom. The molecule has 0 saturated carbocycles. The van der Waals surface area contributed by atoms with Crippen molar-refractivity contribution >= 4 is 15.7 Å². The van der Waals surface area contributed by atoms with E-state index in [0.717, 1.165) is 25.3 Å². The molecule has 1 fully saturated rings. The fourth-order valence-corrected chi connectivity index (χ4v) is 4.28. The van der Waals surface area contributed by atoms with Crippen LogP contribution in [-0.4, -0.2) is 30.7 Å². The molecule has 2 aromatic rings. The second-order valence-corrected chi connectivity index (χ2v) is 7.76. The molecule has 138 valence electrons. The molecule has 0 aliphatic carbocycles. The topological polar surface area (TPSA) is 117 Å². The minimum atomic E-state index is -3.81. The number of nitro groups is 1. The molecular weight excluding hydrogens is 362 g/mol. The minimum Gasteiger partial charge on any atom is -0.616 e.